The van der Waals surface area contributed by atoms with Crippen LogP contribution < -0.4 is 5.32 Å². The fourth-order valence-corrected chi connectivity index (χ4v) is 3.26. The maximum atomic E-state index is 3.77. The fourth-order valence-electron chi connectivity index (χ4n) is 2.37. The summed E-state index contributed by atoms with van der Waals surface area (Å²) >= 11 is 1.88. The molecule has 0 spiro atoms. The number of hydrogen-bond acceptors (Lipinski definition) is 2. The Morgan fingerprint density at radius 3 is 2.16 bits per heavy atom. The molecule has 1 nitrogen and oxygen atoms in total. The number of rotatable bonds is 5. The molecule has 1 aromatic heterocycles. The van der Waals surface area contributed by atoms with Crippen LogP contribution in [-0.2, 0) is 0 Å². The third kappa shape index (κ3) is 3.68. The second kappa shape index (κ2) is 6.36. The number of aryl methyl sites for hydroxylation is 1. The first-order valence-electron chi connectivity index (χ1n) is 6.95. The van der Waals surface area contributed by atoms with E-state index in [2.05, 4.69) is 75.5 Å². The summed E-state index contributed by atoms with van der Waals surface area (Å²) in [6.45, 7) is 8.97. The molecule has 1 N–H and O–H groups in total. The molecule has 2 unspecified atom stereocenters. The smallest absolute Gasteiger partial charge is 0.0391 e. The Morgan fingerprint density at radius 2 is 1.63 bits per heavy atom. The van der Waals surface area contributed by atoms with Crippen LogP contribution in [-0.4, -0.2) is 0 Å². The lowest BCUT2D eigenvalue weighted by Gasteiger charge is -2.26. The highest BCUT2D eigenvalue weighted by atomic mass is 32.1. The summed E-state index contributed by atoms with van der Waals surface area (Å²) in [5.74, 6) is 0.575. The average Bonchev–Trinajstić information content (AvgIpc) is 2.83. The van der Waals surface area contributed by atoms with E-state index in [4.69, 9.17) is 0 Å². The molecule has 1 aromatic carbocycles. The van der Waals surface area contributed by atoms with Crippen molar-refractivity contribution in [3.05, 3.63) is 57.8 Å². The van der Waals surface area contributed by atoms with Gasteiger partial charge in [0.25, 0.3) is 0 Å². The first kappa shape index (κ1) is 14.3. The Kier molecular flexibility index (Phi) is 4.78. The van der Waals surface area contributed by atoms with Crippen LogP contribution in [0.3, 0.4) is 0 Å². The Balaban J connectivity index is 2.13. The molecule has 0 saturated carbocycles. The Hall–Kier alpha value is -1.12. The van der Waals surface area contributed by atoms with Crippen molar-refractivity contribution >= 4 is 11.3 Å². The summed E-state index contributed by atoms with van der Waals surface area (Å²) in [6.07, 6.45) is 0. The molecule has 0 aliphatic carbocycles. The van der Waals surface area contributed by atoms with Crippen molar-refractivity contribution < 1.29 is 0 Å². The van der Waals surface area contributed by atoms with E-state index in [1.165, 1.54) is 15.3 Å². The first-order valence-corrected chi connectivity index (χ1v) is 7.77. The van der Waals surface area contributed by atoms with Gasteiger partial charge in [0.15, 0.2) is 0 Å². The minimum atomic E-state index is 0.395. The van der Waals surface area contributed by atoms with Crippen molar-refractivity contribution in [1.29, 1.82) is 0 Å². The summed E-state index contributed by atoms with van der Waals surface area (Å²) in [6, 6.07) is 16.0. The molecule has 102 valence electrons. The van der Waals surface area contributed by atoms with Crippen molar-refractivity contribution in [2.45, 2.75) is 39.8 Å². The van der Waals surface area contributed by atoms with Crippen LogP contribution >= 0.6 is 11.3 Å². The molecule has 0 bridgehead atoms. The highest BCUT2D eigenvalue weighted by molar-refractivity contribution is 7.12. The van der Waals surface area contributed by atoms with Gasteiger partial charge in [-0.25, -0.2) is 0 Å². The quantitative estimate of drug-likeness (QED) is 0.798. The molecule has 2 atom stereocenters. The zero-order chi connectivity index (χ0) is 13.8. The summed E-state index contributed by atoms with van der Waals surface area (Å²) < 4.78 is 0. The third-order valence-corrected chi connectivity index (χ3v) is 4.63. The van der Waals surface area contributed by atoms with Crippen molar-refractivity contribution in [1.82, 2.24) is 5.32 Å². The predicted molar refractivity (Wildman–Crippen MR) is 84.6 cm³/mol. The molecular formula is C17H23NS. The molecule has 0 saturated heterocycles. The fraction of sp³-hybridized carbons (Fsp3) is 0.412. The van der Waals surface area contributed by atoms with Gasteiger partial charge < -0.3 is 5.32 Å². The predicted octanol–water partition coefficient (Wildman–Crippen LogP) is 5.10. The number of thiophene rings is 1. The average molecular weight is 273 g/mol. The minimum Gasteiger partial charge on any atom is -0.302 e. The number of benzene rings is 1. The van der Waals surface area contributed by atoms with Crippen LogP contribution in [0.1, 0.15) is 48.2 Å². The molecule has 0 fully saturated rings. The first-order chi connectivity index (χ1) is 9.08. The normalized spacial score (nSPS) is 14.6. The summed E-state index contributed by atoms with van der Waals surface area (Å²) in [5.41, 5.74) is 1.37. The number of hydrogen-bond donors (Lipinski definition) is 1. The van der Waals surface area contributed by atoms with Crippen LogP contribution in [0, 0.1) is 12.8 Å². The van der Waals surface area contributed by atoms with Crippen LogP contribution in [0.25, 0.3) is 0 Å². The van der Waals surface area contributed by atoms with Gasteiger partial charge in [0, 0.05) is 21.8 Å². The maximum absolute atomic E-state index is 3.77. The molecule has 2 rings (SSSR count). The van der Waals surface area contributed by atoms with Crippen LogP contribution in [0.5, 0.6) is 0 Å². The van der Waals surface area contributed by atoms with Gasteiger partial charge in [-0.1, -0.05) is 44.2 Å². The van der Waals surface area contributed by atoms with Gasteiger partial charge in [-0.2, -0.15) is 0 Å². The van der Waals surface area contributed by atoms with E-state index in [1.54, 1.807) is 0 Å². The second-order valence-corrected chi connectivity index (χ2v) is 6.79. The van der Waals surface area contributed by atoms with Gasteiger partial charge in [-0.05, 0) is 37.5 Å². The lowest BCUT2D eigenvalue weighted by atomic mass is 9.95. The van der Waals surface area contributed by atoms with E-state index < -0.39 is 0 Å². The van der Waals surface area contributed by atoms with Gasteiger partial charge in [-0.3, -0.25) is 0 Å². The standard InChI is InChI=1S/C17H23NS/c1-12(2)17(15-8-6-5-7-9-15)18-14(4)16-11-10-13(3)19-16/h5-12,14,17-18H,1-4H3. The molecule has 0 amide bonds. The highest BCUT2D eigenvalue weighted by Gasteiger charge is 2.19. The molecule has 19 heavy (non-hydrogen) atoms. The van der Waals surface area contributed by atoms with E-state index in [-0.39, 0.29) is 0 Å². The monoisotopic (exact) mass is 273 g/mol. The zero-order valence-corrected chi connectivity index (χ0v) is 13.0. The number of nitrogens with one attached hydrogen (secondary N) is 1. The third-order valence-electron chi connectivity index (χ3n) is 3.44. The van der Waals surface area contributed by atoms with Gasteiger partial charge in [-0.15, -0.1) is 11.3 Å². The van der Waals surface area contributed by atoms with Gasteiger partial charge in [0.2, 0.25) is 0 Å². The topological polar surface area (TPSA) is 12.0 Å². The zero-order valence-electron chi connectivity index (χ0n) is 12.2. The molecule has 2 heteroatoms. The molecular weight excluding hydrogens is 250 g/mol. The lowest BCUT2D eigenvalue weighted by Crippen LogP contribution is -2.28. The summed E-state index contributed by atoms with van der Waals surface area (Å²) in [5, 5.41) is 3.77. The Morgan fingerprint density at radius 1 is 0.947 bits per heavy atom. The van der Waals surface area contributed by atoms with E-state index in [0.717, 1.165) is 0 Å². The van der Waals surface area contributed by atoms with Crippen molar-refractivity contribution in [2.75, 3.05) is 0 Å². The molecule has 0 aliphatic rings. The van der Waals surface area contributed by atoms with Crippen molar-refractivity contribution in [2.24, 2.45) is 5.92 Å². The molecule has 0 aliphatic heterocycles. The van der Waals surface area contributed by atoms with E-state index in [1.807, 2.05) is 11.3 Å². The highest BCUT2D eigenvalue weighted by Crippen LogP contribution is 2.28. The lowest BCUT2D eigenvalue weighted by molar-refractivity contribution is 0.377. The maximum Gasteiger partial charge on any atom is 0.0391 e. The van der Waals surface area contributed by atoms with Crippen LogP contribution in [0.2, 0.25) is 0 Å². The van der Waals surface area contributed by atoms with E-state index in [0.29, 0.717) is 18.0 Å². The Labute approximate surface area is 120 Å². The summed E-state index contributed by atoms with van der Waals surface area (Å²) in [4.78, 5) is 2.79. The second-order valence-electron chi connectivity index (χ2n) is 5.47. The summed E-state index contributed by atoms with van der Waals surface area (Å²) in [7, 11) is 0. The largest absolute Gasteiger partial charge is 0.302 e. The van der Waals surface area contributed by atoms with Crippen LogP contribution in [0.15, 0.2) is 42.5 Å². The van der Waals surface area contributed by atoms with Crippen LogP contribution in [0.4, 0.5) is 0 Å². The van der Waals surface area contributed by atoms with Crippen molar-refractivity contribution in [3.8, 4) is 0 Å². The molecule has 1 heterocycles. The SMILES string of the molecule is Cc1ccc(C(C)NC(c2ccccc2)C(C)C)s1. The van der Waals surface area contributed by atoms with Gasteiger partial charge in [0.05, 0.1) is 0 Å². The molecule has 2 aromatic rings. The molecule has 0 radical (unpaired) electrons. The van der Waals surface area contributed by atoms with E-state index in [9.17, 15) is 0 Å². The van der Waals surface area contributed by atoms with Gasteiger partial charge in [0.1, 0.15) is 0 Å². The Bertz CT molecular complexity index is 501. The minimum absolute atomic E-state index is 0.395. The van der Waals surface area contributed by atoms with Crippen molar-refractivity contribution in [3.63, 3.8) is 0 Å². The van der Waals surface area contributed by atoms with Gasteiger partial charge >= 0.3 is 0 Å². The van der Waals surface area contributed by atoms with E-state index >= 15 is 0 Å².